The number of carbonyl (C=O) groups excluding carboxylic acids is 1. The highest BCUT2D eigenvalue weighted by Crippen LogP contribution is 2.52. The first-order valence-electron chi connectivity index (χ1n) is 10.1. The molecule has 1 saturated carbocycles. The van der Waals surface area contributed by atoms with Gasteiger partial charge in [-0.3, -0.25) is 9.78 Å². The van der Waals surface area contributed by atoms with Crippen molar-refractivity contribution in [3.8, 4) is 0 Å². The number of carbonyl (C=O) groups is 1. The molecule has 0 bridgehead atoms. The van der Waals surface area contributed by atoms with Crippen LogP contribution in [0, 0.1) is 0 Å². The monoisotopic (exact) mass is 370 g/mol. The number of fused-ring (bicyclic) bond motifs is 3. The third-order valence-corrected chi connectivity index (χ3v) is 6.83. The Labute approximate surface area is 164 Å². The summed E-state index contributed by atoms with van der Waals surface area (Å²) in [6, 6.07) is 18.7. The number of aromatic nitrogens is 1. The van der Waals surface area contributed by atoms with E-state index in [-0.39, 0.29) is 16.9 Å². The molecule has 4 heteroatoms. The highest BCUT2D eigenvalue weighted by molar-refractivity contribution is 5.93. The molecule has 1 aromatic heterocycles. The summed E-state index contributed by atoms with van der Waals surface area (Å²) in [5.74, 6) is 0.245. The molecule has 0 unspecified atom stereocenters. The number of hydrogen-bond acceptors (Lipinski definition) is 3. The van der Waals surface area contributed by atoms with Gasteiger partial charge in [-0.05, 0) is 48.1 Å². The van der Waals surface area contributed by atoms with Crippen LogP contribution in [-0.4, -0.2) is 28.9 Å². The average molecular weight is 370 g/mol. The van der Waals surface area contributed by atoms with Crippen LogP contribution in [0.3, 0.4) is 0 Å². The predicted molar refractivity (Wildman–Crippen MR) is 107 cm³/mol. The summed E-state index contributed by atoms with van der Waals surface area (Å²) in [5, 5.41) is 1.10. The Hall–Kier alpha value is -2.72. The van der Waals surface area contributed by atoms with Gasteiger partial charge in [0.2, 0.25) is 5.91 Å². The number of pyridine rings is 1. The van der Waals surface area contributed by atoms with Crippen molar-refractivity contribution in [1.82, 2.24) is 9.88 Å². The number of ether oxygens (including phenoxy) is 1. The van der Waals surface area contributed by atoms with Gasteiger partial charge in [-0.15, -0.1) is 0 Å². The third-order valence-electron chi connectivity index (χ3n) is 6.83. The van der Waals surface area contributed by atoms with Crippen LogP contribution in [0.25, 0.3) is 10.9 Å². The van der Waals surface area contributed by atoms with Gasteiger partial charge >= 0.3 is 0 Å². The smallest absolute Gasteiger partial charge is 0.233 e. The van der Waals surface area contributed by atoms with Gasteiger partial charge in [0, 0.05) is 18.1 Å². The number of nitrogens with zero attached hydrogens (tertiary/aromatic N) is 2. The molecule has 0 radical (unpaired) electrons. The van der Waals surface area contributed by atoms with Gasteiger partial charge in [0.15, 0.2) is 0 Å². The number of likely N-dealkylation sites (tertiary alicyclic amines) is 1. The maximum Gasteiger partial charge on any atom is 0.233 e. The van der Waals surface area contributed by atoms with Crippen LogP contribution in [0.1, 0.15) is 36.0 Å². The van der Waals surface area contributed by atoms with Crippen LogP contribution in [-0.2, 0) is 27.2 Å². The summed E-state index contributed by atoms with van der Waals surface area (Å²) in [7, 11) is 0. The van der Waals surface area contributed by atoms with Crippen LogP contribution in [0.15, 0.2) is 60.8 Å². The molecular weight excluding hydrogens is 348 g/mol. The zero-order valence-corrected chi connectivity index (χ0v) is 15.7. The zero-order chi connectivity index (χ0) is 18.8. The van der Waals surface area contributed by atoms with Crippen molar-refractivity contribution >= 4 is 16.8 Å². The molecule has 6 rings (SSSR count). The van der Waals surface area contributed by atoms with E-state index < -0.39 is 0 Å². The Balaban J connectivity index is 1.30. The number of rotatable bonds is 2. The summed E-state index contributed by atoms with van der Waals surface area (Å²) in [5.41, 5.74) is 3.86. The molecule has 1 spiro atoms. The van der Waals surface area contributed by atoms with E-state index in [0.717, 1.165) is 42.3 Å². The topological polar surface area (TPSA) is 42.4 Å². The lowest BCUT2D eigenvalue weighted by Gasteiger charge is -2.27. The minimum Gasteiger partial charge on any atom is -0.364 e. The maximum atomic E-state index is 13.6. The van der Waals surface area contributed by atoms with Crippen LogP contribution >= 0.6 is 0 Å². The number of hydrogen-bond donors (Lipinski definition) is 0. The van der Waals surface area contributed by atoms with E-state index in [2.05, 4.69) is 41.4 Å². The lowest BCUT2D eigenvalue weighted by atomic mass is 9.91. The molecule has 4 nitrogen and oxygen atoms in total. The Morgan fingerprint density at radius 1 is 1.04 bits per heavy atom. The predicted octanol–water partition coefficient (Wildman–Crippen LogP) is 3.92. The fourth-order valence-corrected chi connectivity index (χ4v) is 5.06. The first-order valence-corrected chi connectivity index (χ1v) is 10.1. The highest BCUT2D eigenvalue weighted by atomic mass is 16.5. The van der Waals surface area contributed by atoms with Crippen molar-refractivity contribution in [2.24, 2.45) is 0 Å². The van der Waals surface area contributed by atoms with Gasteiger partial charge in [0.05, 0.1) is 24.1 Å². The quantitative estimate of drug-likeness (QED) is 0.687. The summed E-state index contributed by atoms with van der Waals surface area (Å²) >= 11 is 0. The molecule has 1 aliphatic carbocycles. The lowest BCUT2D eigenvalue weighted by molar-refractivity contribution is -0.134. The second-order valence-corrected chi connectivity index (χ2v) is 8.42. The van der Waals surface area contributed by atoms with Crippen molar-refractivity contribution in [3.63, 3.8) is 0 Å². The Bertz CT molecular complexity index is 1100. The molecular formula is C24H22N2O2. The van der Waals surface area contributed by atoms with Crippen molar-refractivity contribution < 1.29 is 9.53 Å². The van der Waals surface area contributed by atoms with E-state index in [1.807, 2.05) is 29.3 Å². The van der Waals surface area contributed by atoms with Gasteiger partial charge < -0.3 is 9.64 Å². The first-order chi connectivity index (χ1) is 13.7. The van der Waals surface area contributed by atoms with Gasteiger partial charge in [-0.25, -0.2) is 0 Å². The second kappa shape index (κ2) is 5.65. The van der Waals surface area contributed by atoms with E-state index in [4.69, 9.17) is 4.74 Å². The highest BCUT2D eigenvalue weighted by Gasteiger charge is 2.56. The van der Waals surface area contributed by atoms with Crippen LogP contribution in [0.4, 0.5) is 0 Å². The largest absolute Gasteiger partial charge is 0.364 e. The van der Waals surface area contributed by atoms with Crippen LogP contribution < -0.4 is 0 Å². The van der Waals surface area contributed by atoms with Crippen LogP contribution in [0.5, 0.6) is 0 Å². The van der Waals surface area contributed by atoms with E-state index in [9.17, 15) is 4.79 Å². The fraction of sp³-hybridized carbons (Fsp3) is 0.333. The normalized spacial score (nSPS) is 24.6. The van der Waals surface area contributed by atoms with Gasteiger partial charge in [-0.1, -0.05) is 42.5 Å². The number of amides is 1. The van der Waals surface area contributed by atoms with Crippen LogP contribution in [0.2, 0.25) is 0 Å². The maximum absolute atomic E-state index is 13.6. The van der Waals surface area contributed by atoms with Crippen molar-refractivity contribution in [2.45, 2.75) is 36.9 Å². The average Bonchev–Trinajstić information content (AvgIpc) is 3.33. The molecule has 1 saturated heterocycles. The minimum atomic E-state index is -0.388. The minimum absolute atomic E-state index is 0.245. The summed E-state index contributed by atoms with van der Waals surface area (Å²) in [6.07, 6.45) is 4.60. The van der Waals surface area contributed by atoms with Crippen molar-refractivity contribution in [1.29, 1.82) is 0 Å². The standard InChI is InChI=1S/C24H22N2O2/c27-22(23(9-10-23)19-13-17-5-2-4-8-21(17)25-14-19)26-12-11-24(16-26)20-7-3-1-6-18(20)15-28-24/h1-8,13-14H,9-12,15-16H2/t24-/m0/s1. The molecule has 3 aromatic rings. The summed E-state index contributed by atoms with van der Waals surface area (Å²) in [4.78, 5) is 20.2. The van der Waals surface area contributed by atoms with E-state index in [1.54, 1.807) is 0 Å². The molecule has 2 fully saturated rings. The third kappa shape index (κ3) is 2.21. The molecule has 28 heavy (non-hydrogen) atoms. The van der Waals surface area contributed by atoms with Crippen molar-refractivity contribution in [3.05, 3.63) is 77.5 Å². The van der Waals surface area contributed by atoms with Gasteiger partial charge in [-0.2, -0.15) is 0 Å². The Morgan fingerprint density at radius 3 is 2.75 bits per heavy atom. The molecule has 0 N–H and O–H groups in total. The lowest BCUT2D eigenvalue weighted by Crippen LogP contribution is -2.40. The zero-order valence-electron chi connectivity index (χ0n) is 15.7. The summed E-state index contributed by atoms with van der Waals surface area (Å²) in [6.45, 7) is 2.07. The summed E-state index contributed by atoms with van der Waals surface area (Å²) < 4.78 is 6.24. The Kier molecular flexibility index (Phi) is 3.28. The van der Waals surface area contributed by atoms with Gasteiger partial charge in [0.25, 0.3) is 0 Å². The molecule has 1 amide bonds. The van der Waals surface area contributed by atoms with Crippen molar-refractivity contribution in [2.75, 3.05) is 13.1 Å². The number of para-hydroxylation sites is 1. The van der Waals surface area contributed by atoms with Gasteiger partial charge in [0.1, 0.15) is 5.60 Å². The molecule has 140 valence electrons. The SMILES string of the molecule is O=C(N1CC[C@@]2(C1)OCc1ccccc12)C1(c2cnc3ccccc3c2)CC1. The molecule has 3 heterocycles. The number of benzene rings is 2. The molecule has 3 aliphatic rings. The Morgan fingerprint density at radius 2 is 1.86 bits per heavy atom. The molecule has 1 atom stereocenters. The second-order valence-electron chi connectivity index (χ2n) is 8.42. The fourth-order valence-electron chi connectivity index (χ4n) is 5.06. The van der Waals surface area contributed by atoms with E-state index in [0.29, 0.717) is 13.2 Å². The van der Waals surface area contributed by atoms with E-state index in [1.165, 1.54) is 11.1 Å². The first kappa shape index (κ1) is 16.3. The molecule has 2 aliphatic heterocycles. The van der Waals surface area contributed by atoms with E-state index >= 15 is 0 Å². The molecule has 2 aromatic carbocycles.